The molecule has 1 unspecified atom stereocenters. The lowest BCUT2D eigenvalue weighted by Gasteiger charge is -2.06. The molecule has 0 saturated carbocycles. The maximum absolute atomic E-state index is 11.5. The standard InChI is InChI=1S/C10H16N4OS2/c15-9(13-10-11-7-12-14-10)4-2-1-3-8-5-6-16-17-8/h7-8H,1-6H2,(H2,11,12,13,14,15). The zero-order valence-corrected chi connectivity index (χ0v) is 11.1. The van der Waals surface area contributed by atoms with Crippen molar-refractivity contribution in [1.82, 2.24) is 15.2 Å². The average molecular weight is 272 g/mol. The monoisotopic (exact) mass is 272 g/mol. The van der Waals surface area contributed by atoms with E-state index in [0.717, 1.165) is 18.1 Å². The molecule has 1 atom stereocenters. The molecule has 0 spiro atoms. The third-order valence-corrected chi connectivity index (χ3v) is 5.59. The van der Waals surface area contributed by atoms with Crippen molar-refractivity contribution in [3.8, 4) is 0 Å². The Balaban J connectivity index is 1.54. The number of H-pyrrole nitrogens is 1. The Morgan fingerprint density at radius 2 is 2.53 bits per heavy atom. The molecule has 0 radical (unpaired) electrons. The second-order valence-electron chi connectivity index (χ2n) is 3.96. The van der Waals surface area contributed by atoms with Gasteiger partial charge in [0, 0.05) is 17.4 Å². The van der Waals surface area contributed by atoms with Gasteiger partial charge >= 0.3 is 0 Å². The number of amides is 1. The van der Waals surface area contributed by atoms with Gasteiger partial charge < -0.3 is 0 Å². The Kier molecular flexibility index (Phi) is 5.18. The number of unbranched alkanes of at least 4 members (excludes halogenated alkanes) is 1. The topological polar surface area (TPSA) is 70.7 Å². The quantitative estimate of drug-likeness (QED) is 0.615. The minimum atomic E-state index is 0.00944. The van der Waals surface area contributed by atoms with Gasteiger partial charge in [-0.25, -0.2) is 5.10 Å². The van der Waals surface area contributed by atoms with Crippen LogP contribution in [0, 0.1) is 0 Å². The molecule has 0 bridgehead atoms. The molecule has 1 fully saturated rings. The lowest BCUT2D eigenvalue weighted by molar-refractivity contribution is -0.116. The largest absolute Gasteiger partial charge is 0.295 e. The van der Waals surface area contributed by atoms with E-state index in [1.807, 2.05) is 21.6 Å². The highest BCUT2D eigenvalue weighted by atomic mass is 33.1. The predicted octanol–water partition coefficient (Wildman–Crippen LogP) is 2.46. The van der Waals surface area contributed by atoms with Crippen LogP contribution < -0.4 is 5.32 Å². The SMILES string of the molecule is O=C(CCCCC1CCSS1)Nc1ncn[nH]1. The summed E-state index contributed by atoms with van der Waals surface area (Å²) in [4.78, 5) is 15.3. The molecule has 0 aromatic carbocycles. The number of hydrogen-bond donors (Lipinski definition) is 2. The summed E-state index contributed by atoms with van der Waals surface area (Å²) in [7, 11) is 3.97. The number of hydrogen-bond acceptors (Lipinski definition) is 5. The van der Waals surface area contributed by atoms with Gasteiger partial charge in [-0.15, -0.1) is 0 Å². The molecule has 2 heterocycles. The Bertz CT molecular complexity index is 338. The average Bonchev–Trinajstić information content (AvgIpc) is 2.96. The number of carbonyl (C=O) groups is 1. The van der Waals surface area contributed by atoms with Crippen LogP contribution in [0.1, 0.15) is 32.1 Å². The molecule has 1 saturated heterocycles. The Morgan fingerprint density at radius 3 is 3.24 bits per heavy atom. The third-order valence-electron chi connectivity index (χ3n) is 2.58. The van der Waals surface area contributed by atoms with E-state index in [2.05, 4.69) is 20.5 Å². The first-order valence-electron chi connectivity index (χ1n) is 5.78. The number of nitrogens with zero attached hydrogens (tertiary/aromatic N) is 2. The van der Waals surface area contributed by atoms with Crippen molar-refractivity contribution in [3.63, 3.8) is 0 Å². The van der Waals surface area contributed by atoms with Gasteiger partial charge in [0.2, 0.25) is 11.9 Å². The van der Waals surface area contributed by atoms with Crippen LogP contribution in [0.5, 0.6) is 0 Å². The van der Waals surface area contributed by atoms with Gasteiger partial charge in [0.05, 0.1) is 0 Å². The fraction of sp³-hybridized carbons (Fsp3) is 0.700. The van der Waals surface area contributed by atoms with Crippen LogP contribution in [0.15, 0.2) is 6.33 Å². The summed E-state index contributed by atoms with van der Waals surface area (Å²) in [5.41, 5.74) is 0. The van der Waals surface area contributed by atoms with Crippen molar-refractivity contribution in [3.05, 3.63) is 6.33 Å². The first kappa shape index (κ1) is 12.8. The van der Waals surface area contributed by atoms with Crippen molar-refractivity contribution in [2.75, 3.05) is 11.1 Å². The summed E-state index contributed by atoms with van der Waals surface area (Å²) in [6.45, 7) is 0. The molecule has 1 aliphatic heterocycles. The Hall–Kier alpha value is -0.690. The van der Waals surface area contributed by atoms with Gasteiger partial charge in [0.1, 0.15) is 6.33 Å². The van der Waals surface area contributed by atoms with Crippen LogP contribution in [0.2, 0.25) is 0 Å². The zero-order valence-electron chi connectivity index (χ0n) is 9.52. The highest BCUT2D eigenvalue weighted by Crippen LogP contribution is 2.39. The first-order chi connectivity index (χ1) is 8.34. The van der Waals surface area contributed by atoms with Crippen LogP contribution in [0.3, 0.4) is 0 Å². The summed E-state index contributed by atoms with van der Waals surface area (Å²) >= 11 is 0. The van der Waals surface area contributed by atoms with E-state index in [1.165, 1.54) is 24.9 Å². The van der Waals surface area contributed by atoms with Gasteiger partial charge in [-0.05, 0) is 19.3 Å². The second-order valence-corrected chi connectivity index (χ2v) is 6.74. The van der Waals surface area contributed by atoms with E-state index in [-0.39, 0.29) is 5.91 Å². The lowest BCUT2D eigenvalue weighted by Crippen LogP contribution is -2.12. The molecular formula is C10H16N4OS2. The number of aromatic amines is 1. The summed E-state index contributed by atoms with van der Waals surface area (Å²) in [5.74, 6) is 1.72. The zero-order chi connectivity index (χ0) is 11.9. The van der Waals surface area contributed by atoms with Gasteiger partial charge in [-0.2, -0.15) is 10.1 Å². The fourth-order valence-electron chi connectivity index (χ4n) is 1.68. The van der Waals surface area contributed by atoms with E-state index in [9.17, 15) is 4.79 Å². The van der Waals surface area contributed by atoms with Gasteiger partial charge in [0.25, 0.3) is 0 Å². The molecule has 1 aliphatic rings. The number of nitrogens with one attached hydrogen (secondary N) is 2. The first-order valence-corrected chi connectivity index (χ1v) is 8.16. The molecule has 2 N–H and O–H groups in total. The Labute approximate surface area is 108 Å². The van der Waals surface area contributed by atoms with E-state index >= 15 is 0 Å². The van der Waals surface area contributed by atoms with Gasteiger partial charge in [-0.1, -0.05) is 28.0 Å². The van der Waals surface area contributed by atoms with E-state index in [4.69, 9.17) is 0 Å². The lowest BCUT2D eigenvalue weighted by atomic mass is 10.1. The maximum atomic E-state index is 11.5. The van der Waals surface area contributed by atoms with Gasteiger partial charge in [-0.3, -0.25) is 10.1 Å². The molecule has 1 amide bonds. The molecule has 5 nitrogen and oxygen atoms in total. The minimum absolute atomic E-state index is 0.00944. The van der Waals surface area contributed by atoms with Crippen LogP contribution in [0.4, 0.5) is 5.95 Å². The highest BCUT2D eigenvalue weighted by Gasteiger charge is 2.15. The van der Waals surface area contributed by atoms with E-state index < -0.39 is 0 Å². The molecule has 0 aliphatic carbocycles. The molecule has 17 heavy (non-hydrogen) atoms. The number of rotatable bonds is 6. The summed E-state index contributed by atoms with van der Waals surface area (Å²) in [5, 5.41) is 9.75. The second kappa shape index (κ2) is 6.90. The van der Waals surface area contributed by atoms with Crippen molar-refractivity contribution >= 4 is 33.4 Å². The molecule has 1 aromatic rings. The molecule has 7 heteroatoms. The van der Waals surface area contributed by atoms with Crippen molar-refractivity contribution in [2.45, 2.75) is 37.4 Å². The third kappa shape index (κ3) is 4.59. The fourth-order valence-corrected chi connectivity index (χ4v) is 4.71. The number of carbonyl (C=O) groups excluding carboxylic acids is 1. The summed E-state index contributed by atoms with van der Waals surface area (Å²) in [6, 6.07) is 0. The number of aromatic nitrogens is 3. The van der Waals surface area contributed by atoms with Gasteiger partial charge in [0.15, 0.2) is 0 Å². The summed E-state index contributed by atoms with van der Waals surface area (Å²) in [6.07, 6.45) is 6.56. The van der Waals surface area contributed by atoms with Crippen LogP contribution in [-0.2, 0) is 4.79 Å². The van der Waals surface area contributed by atoms with E-state index in [1.54, 1.807) is 0 Å². The smallest absolute Gasteiger partial charge is 0.226 e. The van der Waals surface area contributed by atoms with Crippen molar-refractivity contribution in [2.24, 2.45) is 0 Å². The molecule has 1 aromatic heterocycles. The molecule has 94 valence electrons. The summed E-state index contributed by atoms with van der Waals surface area (Å²) < 4.78 is 0. The van der Waals surface area contributed by atoms with Crippen LogP contribution in [0.25, 0.3) is 0 Å². The van der Waals surface area contributed by atoms with Crippen LogP contribution >= 0.6 is 21.6 Å². The maximum Gasteiger partial charge on any atom is 0.226 e. The predicted molar refractivity (Wildman–Crippen MR) is 71.9 cm³/mol. The van der Waals surface area contributed by atoms with E-state index in [0.29, 0.717) is 12.4 Å². The number of anilines is 1. The Morgan fingerprint density at radius 1 is 1.59 bits per heavy atom. The van der Waals surface area contributed by atoms with Crippen molar-refractivity contribution in [1.29, 1.82) is 0 Å². The molecule has 2 rings (SSSR count). The van der Waals surface area contributed by atoms with Crippen molar-refractivity contribution < 1.29 is 4.79 Å². The minimum Gasteiger partial charge on any atom is -0.295 e. The van der Waals surface area contributed by atoms with Crippen LogP contribution in [-0.4, -0.2) is 32.1 Å². The highest BCUT2D eigenvalue weighted by molar-refractivity contribution is 8.77. The molecular weight excluding hydrogens is 256 g/mol. The normalized spacial score (nSPS) is 19.4.